The third-order valence-corrected chi connectivity index (χ3v) is 5.42. The van der Waals surface area contributed by atoms with Crippen molar-refractivity contribution in [2.75, 3.05) is 0 Å². The van der Waals surface area contributed by atoms with Crippen LogP contribution in [0.15, 0.2) is 58.3 Å². The van der Waals surface area contributed by atoms with E-state index in [1.54, 1.807) is 19.2 Å². The molecular formula is C22H20ClN3O2. The highest BCUT2D eigenvalue weighted by molar-refractivity contribution is 6.30. The minimum Gasteiger partial charge on any atom is -0.313 e. The molecule has 0 fully saturated rings. The predicted octanol–water partition coefficient (Wildman–Crippen LogP) is 3.97. The molecule has 2 aromatic carbocycles. The molecule has 2 heterocycles. The number of halogens is 1. The zero-order chi connectivity index (χ0) is 20.2. The lowest BCUT2D eigenvalue weighted by Crippen LogP contribution is -2.36. The van der Waals surface area contributed by atoms with Gasteiger partial charge in [-0.25, -0.2) is 4.79 Å². The van der Waals surface area contributed by atoms with Gasteiger partial charge in [-0.05, 0) is 43.2 Å². The van der Waals surface area contributed by atoms with Gasteiger partial charge in [0, 0.05) is 31.0 Å². The SMILES string of the molecule is Cc1ccc(-n2cc3c(c2-c2ccc(Cl)cc2)c(=O)n(C)c(=O)n3C)c(C)c1. The Morgan fingerprint density at radius 1 is 0.893 bits per heavy atom. The Morgan fingerprint density at radius 3 is 2.21 bits per heavy atom. The number of aryl methyl sites for hydroxylation is 3. The first kappa shape index (κ1) is 18.3. The van der Waals surface area contributed by atoms with Gasteiger partial charge >= 0.3 is 5.69 Å². The zero-order valence-corrected chi connectivity index (χ0v) is 16.9. The van der Waals surface area contributed by atoms with Crippen molar-refractivity contribution in [1.82, 2.24) is 13.7 Å². The van der Waals surface area contributed by atoms with E-state index >= 15 is 0 Å². The third-order valence-electron chi connectivity index (χ3n) is 5.17. The van der Waals surface area contributed by atoms with Crippen LogP contribution in [0.1, 0.15) is 11.1 Å². The van der Waals surface area contributed by atoms with Gasteiger partial charge in [-0.15, -0.1) is 0 Å². The molecule has 0 aliphatic rings. The Bertz CT molecular complexity index is 1340. The molecular weight excluding hydrogens is 374 g/mol. The molecule has 0 bridgehead atoms. The Morgan fingerprint density at radius 2 is 1.57 bits per heavy atom. The van der Waals surface area contributed by atoms with E-state index in [1.807, 2.05) is 48.9 Å². The van der Waals surface area contributed by atoms with E-state index in [-0.39, 0.29) is 11.2 Å². The highest BCUT2D eigenvalue weighted by Gasteiger charge is 2.20. The number of fused-ring (bicyclic) bond motifs is 1. The fourth-order valence-corrected chi connectivity index (χ4v) is 3.82. The Hall–Kier alpha value is -3.05. The predicted molar refractivity (Wildman–Crippen MR) is 114 cm³/mol. The van der Waals surface area contributed by atoms with Crippen LogP contribution in [0.3, 0.4) is 0 Å². The molecule has 0 aliphatic heterocycles. The maximum atomic E-state index is 13.1. The molecule has 0 unspecified atom stereocenters. The van der Waals surface area contributed by atoms with E-state index in [9.17, 15) is 9.59 Å². The molecule has 142 valence electrons. The van der Waals surface area contributed by atoms with Crippen LogP contribution in [0.5, 0.6) is 0 Å². The molecule has 28 heavy (non-hydrogen) atoms. The molecule has 4 aromatic rings. The molecule has 0 saturated carbocycles. The molecule has 0 amide bonds. The van der Waals surface area contributed by atoms with Crippen molar-refractivity contribution >= 4 is 22.5 Å². The quantitative estimate of drug-likeness (QED) is 0.517. The molecule has 4 rings (SSSR count). The second-order valence-electron chi connectivity index (χ2n) is 7.11. The minimum absolute atomic E-state index is 0.313. The maximum Gasteiger partial charge on any atom is 0.330 e. The van der Waals surface area contributed by atoms with Gasteiger partial charge in [0.05, 0.1) is 16.6 Å². The van der Waals surface area contributed by atoms with Gasteiger partial charge in [-0.1, -0.05) is 41.4 Å². The fourth-order valence-electron chi connectivity index (χ4n) is 3.70. The third kappa shape index (κ3) is 2.70. The van der Waals surface area contributed by atoms with Crippen molar-refractivity contribution in [3.05, 3.63) is 85.6 Å². The molecule has 2 aromatic heterocycles. The summed E-state index contributed by atoms with van der Waals surface area (Å²) in [7, 11) is 3.19. The number of hydrogen-bond acceptors (Lipinski definition) is 2. The number of nitrogens with zero attached hydrogens (tertiary/aromatic N) is 3. The second-order valence-corrected chi connectivity index (χ2v) is 7.55. The van der Waals surface area contributed by atoms with Crippen LogP contribution in [0.2, 0.25) is 5.02 Å². The van der Waals surface area contributed by atoms with Crippen molar-refractivity contribution in [1.29, 1.82) is 0 Å². The number of aromatic nitrogens is 3. The molecule has 0 spiro atoms. The summed E-state index contributed by atoms with van der Waals surface area (Å²) in [5.41, 5.74) is 4.74. The van der Waals surface area contributed by atoms with E-state index < -0.39 is 0 Å². The van der Waals surface area contributed by atoms with Crippen molar-refractivity contribution < 1.29 is 0 Å². The van der Waals surface area contributed by atoms with Crippen LogP contribution in [0.4, 0.5) is 0 Å². The fraction of sp³-hybridized carbons (Fsp3) is 0.182. The van der Waals surface area contributed by atoms with Gasteiger partial charge in [-0.2, -0.15) is 0 Å². The van der Waals surface area contributed by atoms with E-state index in [0.717, 1.165) is 32.6 Å². The van der Waals surface area contributed by atoms with Crippen molar-refractivity contribution in [3.63, 3.8) is 0 Å². The first-order chi connectivity index (χ1) is 13.3. The lowest BCUT2D eigenvalue weighted by Gasteiger charge is -2.13. The van der Waals surface area contributed by atoms with Crippen LogP contribution >= 0.6 is 11.6 Å². The van der Waals surface area contributed by atoms with Gasteiger partial charge in [-0.3, -0.25) is 13.9 Å². The van der Waals surface area contributed by atoms with Crippen LogP contribution in [0.25, 0.3) is 27.8 Å². The Kier molecular flexibility index (Phi) is 4.27. The summed E-state index contributed by atoms with van der Waals surface area (Å²) in [6.45, 7) is 4.08. The number of hydrogen-bond donors (Lipinski definition) is 0. The molecule has 6 heteroatoms. The number of rotatable bonds is 2. The topological polar surface area (TPSA) is 48.9 Å². The smallest absolute Gasteiger partial charge is 0.313 e. The largest absolute Gasteiger partial charge is 0.330 e. The van der Waals surface area contributed by atoms with Crippen molar-refractivity contribution in [3.8, 4) is 16.9 Å². The normalized spacial score (nSPS) is 11.3. The molecule has 5 nitrogen and oxygen atoms in total. The summed E-state index contributed by atoms with van der Waals surface area (Å²) in [6, 6.07) is 13.6. The Balaban J connectivity index is 2.21. The van der Waals surface area contributed by atoms with E-state index in [0.29, 0.717) is 15.9 Å². The van der Waals surface area contributed by atoms with Gasteiger partial charge in [0.25, 0.3) is 5.56 Å². The standard InChI is InChI=1S/C22H20ClN3O2/c1-13-5-10-17(14(2)11-13)26-12-18-19(21(27)25(4)22(28)24(18)3)20(26)15-6-8-16(23)9-7-15/h5-12H,1-4H3. The average molecular weight is 394 g/mol. The van der Waals surface area contributed by atoms with E-state index in [2.05, 4.69) is 6.07 Å². The second kappa shape index (κ2) is 6.53. The van der Waals surface area contributed by atoms with Gasteiger partial charge < -0.3 is 4.57 Å². The lowest BCUT2D eigenvalue weighted by atomic mass is 10.1. The summed E-state index contributed by atoms with van der Waals surface area (Å²) < 4.78 is 4.65. The molecule has 0 radical (unpaired) electrons. The van der Waals surface area contributed by atoms with Crippen LogP contribution in [0, 0.1) is 13.8 Å². The highest BCUT2D eigenvalue weighted by Crippen LogP contribution is 2.32. The zero-order valence-electron chi connectivity index (χ0n) is 16.2. The first-order valence-electron chi connectivity index (χ1n) is 8.94. The van der Waals surface area contributed by atoms with Gasteiger partial charge in [0.15, 0.2) is 0 Å². The van der Waals surface area contributed by atoms with Gasteiger partial charge in [0.1, 0.15) is 0 Å². The maximum absolute atomic E-state index is 13.1. The van der Waals surface area contributed by atoms with Gasteiger partial charge in [0.2, 0.25) is 0 Å². The van der Waals surface area contributed by atoms with Crippen molar-refractivity contribution in [2.45, 2.75) is 13.8 Å². The summed E-state index contributed by atoms with van der Waals surface area (Å²) in [6.07, 6.45) is 1.86. The summed E-state index contributed by atoms with van der Waals surface area (Å²) >= 11 is 6.08. The first-order valence-corrected chi connectivity index (χ1v) is 9.32. The summed E-state index contributed by atoms with van der Waals surface area (Å²) in [4.78, 5) is 25.5. The van der Waals surface area contributed by atoms with Crippen LogP contribution in [-0.2, 0) is 14.1 Å². The molecule has 0 aliphatic carbocycles. The monoisotopic (exact) mass is 393 g/mol. The minimum atomic E-state index is -0.349. The molecule has 0 N–H and O–H groups in total. The van der Waals surface area contributed by atoms with Crippen LogP contribution < -0.4 is 11.2 Å². The van der Waals surface area contributed by atoms with Crippen molar-refractivity contribution in [2.24, 2.45) is 14.1 Å². The Labute approximate surface area is 167 Å². The van der Waals surface area contributed by atoms with E-state index in [1.165, 1.54) is 11.6 Å². The lowest BCUT2D eigenvalue weighted by molar-refractivity contribution is 0.714. The van der Waals surface area contributed by atoms with Crippen LogP contribution in [-0.4, -0.2) is 13.7 Å². The number of benzene rings is 2. The summed E-state index contributed by atoms with van der Waals surface area (Å²) in [5.74, 6) is 0. The average Bonchev–Trinajstić information content (AvgIpc) is 3.05. The summed E-state index contributed by atoms with van der Waals surface area (Å²) in [5, 5.41) is 1.13. The highest BCUT2D eigenvalue weighted by atomic mass is 35.5. The molecule has 0 saturated heterocycles. The van der Waals surface area contributed by atoms with E-state index in [4.69, 9.17) is 11.6 Å². The molecule has 0 atom stereocenters.